The van der Waals surface area contributed by atoms with Gasteiger partial charge in [-0.05, 0) is 47.8 Å². The molecule has 0 radical (unpaired) electrons. The van der Waals surface area contributed by atoms with Crippen molar-refractivity contribution >= 4 is 21.8 Å². The molecule has 19 heavy (non-hydrogen) atoms. The van der Waals surface area contributed by atoms with Gasteiger partial charge in [0.1, 0.15) is 11.6 Å². The quantitative estimate of drug-likeness (QED) is 0.863. The minimum absolute atomic E-state index is 0.153. The number of benzene rings is 1. The van der Waals surface area contributed by atoms with Crippen LogP contribution < -0.4 is 10.1 Å². The average molecular weight is 332 g/mol. The summed E-state index contributed by atoms with van der Waals surface area (Å²) in [5, 5.41) is 2.90. The molecule has 1 N–H and O–H groups in total. The maximum absolute atomic E-state index is 13.3. The number of hydrogen-bond acceptors (Lipinski definition) is 2. The Bertz CT molecular complexity index is 435. The summed E-state index contributed by atoms with van der Waals surface area (Å²) in [6.07, 6.45) is 1.10. The Morgan fingerprint density at radius 1 is 1.42 bits per heavy atom. The van der Waals surface area contributed by atoms with E-state index in [9.17, 15) is 9.18 Å². The Labute approximate surface area is 121 Å². The van der Waals surface area contributed by atoms with Crippen LogP contribution in [0.1, 0.15) is 33.6 Å². The van der Waals surface area contributed by atoms with E-state index in [1.807, 2.05) is 13.8 Å². The molecule has 1 atom stereocenters. The highest BCUT2D eigenvalue weighted by molar-refractivity contribution is 9.10. The van der Waals surface area contributed by atoms with Crippen molar-refractivity contribution in [3.05, 3.63) is 28.5 Å². The molecular formula is C14H19BrFNO2. The second-order valence-corrected chi connectivity index (χ2v) is 5.21. The summed E-state index contributed by atoms with van der Waals surface area (Å²) in [5.41, 5.74) is 0. The van der Waals surface area contributed by atoms with Crippen molar-refractivity contribution in [1.82, 2.24) is 5.32 Å². The van der Waals surface area contributed by atoms with E-state index >= 15 is 0 Å². The van der Waals surface area contributed by atoms with E-state index in [1.54, 1.807) is 19.1 Å². The number of rotatable bonds is 6. The van der Waals surface area contributed by atoms with Crippen LogP contribution in [0.25, 0.3) is 0 Å². The van der Waals surface area contributed by atoms with Crippen molar-refractivity contribution in [2.24, 2.45) is 0 Å². The molecule has 0 fully saturated rings. The van der Waals surface area contributed by atoms with Crippen LogP contribution in [0.15, 0.2) is 22.7 Å². The monoisotopic (exact) mass is 331 g/mol. The summed E-state index contributed by atoms with van der Waals surface area (Å²) in [5.74, 6) is -0.255. The molecule has 5 heteroatoms. The fraction of sp³-hybridized carbons (Fsp3) is 0.500. The Hall–Kier alpha value is -1.10. The van der Waals surface area contributed by atoms with Gasteiger partial charge in [-0.15, -0.1) is 0 Å². The van der Waals surface area contributed by atoms with Gasteiger partial charge in [0.05, 0.1) is 4.47 Å². The first-order valence-electron chi connectivity index (χ1n) is 6.40. The lowest BCUT2D eigenvalue weighted by molar-refractivity contribution is -0.128. The third kappa shape index (κ3) is 4.82. The van der Waals surface area contributed by atoms with E-state index < -0.39 is 11.9 Å². The normalized spacial score (nSPS) is 12.3. The number of hydrogen-bond donors (Lipinski definition) is 1. The zero-order valence-corrected chi connectivity index (χ0v) is 13.0. The molecule has 3 nitrogen and oxygen atoms in total. The van der Waals surface area contributed by atoms with E-state index in [0.29, 0.717) is 10.2 Å². The van der Waals surface area contributed by atoms with Crippen LogP contribution in [0.4, 0.5) is 4.39 Å². The molecule has 0 aromatic heterocycles. The van der Waals surface area contributed by atoms with E-state index in [1.165, 1.54) is 6.07 Å². The summed E-state index contributed by atoms with van der Waals surface area (Å²) >= 11 is 3.07. The summed E-state index contributed by atoms with van der Waals surface area (Å²) in [6, 6.07) is 4.58. The van der Waals surface area contributed by atoms with Crippen molar-refractivity contribution in [3.63, 3.8) is 0 Å². The van der Waals surface area contributed by atoms with Crippen LogP contribution in [0, 0.1) is 5.82 Å². The molecule has 0 spiro atoms. The summed E-state index contributed by atoms with van der Waals surface area (Å²) in [4.78, 5) is 11.9. The third-order valence-corrected chi connectivity index (χ3v) is 3.55. The summed E-state index contributed by atoms with van der Waals surface area (Å²) in [6.45, 7) is 5.69. The number of ether oxygens (including phenoxy) is 1. The number of carbonyl (C=O) groups is 1. The Kier molecular flexibility index (Phi) is 6.28. The van der Waals surface area contributed by atoms with Crippen molar-refractivity contribution in [2.75, 3.05) is 0 Å². The maximum atomic E-state index is 13.3. The van der Waals surface area contributed by atoms with Gasteiger partial charge in [0, 0.05) is 12.1 Å². The van der Waals surface area contributed by atoms with Crippen LogP contribution in [-0.2, 0) is 4.79 Å². The van der Waals surface area contributed by atoms with Crippen molar-refractivity contribution in [2.45, 2.75) is 45.8 Å². The molecule has 1 amide bonds. The Morgan fingerprint density at radius 3 is 2.58 bits per heavy atom. The van der Waals surface area contributed by atoms with E-state index in [4.69, 9.17) is 4.74 Å². The highest BCUT2D eigenvalue weighted by atomic mass is 79.9. The summed E-state index contributed by atoms with van der Waals surface area (Å²) < 4.78 is 19.1. The van der Waals surface area contributed by atoms with Gasteiger partial charge >= 0.3 is 0 Å². The van der Waals surface area contributed by atoms with Gasteiger partial charge in [-0.2, -0.15) is 0 Å². The van der Waals surface area contributed by atoms with Gasteiger partial charge in [-0.1, -0.05) is 13.8 Å². The van der Waals surface area contributed by atoms with Gasteiger partial charge in [-0.3, -0.25) is 4.79 Å². The van der Waals surface area contributed by atoms with Crippen LogP contribution >= 0.6 is 15.9 Å². The maximum Gasteiger partial charge on any atom is 0.260 e. The first kappa shape index (κ1) is 16.0. The van der Waals surface area contributed by atoms with Crippen LogP contribution in [0.5, 0.6) is 5.75 Å². The number of nitrogens with one attached hydrogen (secondary N) is 1. The molecule has 0 aliphatic heterocycles. The molecule has 0 aliphatic carbocycles. The largest absolute Gasteiger partial charge is 0.481 e. The fourth-order valence-electron chi connectivity index (χ4n) is 1.62. The molecule has 1 aromatic carbocycles. The van der Waals surface area contributed by atoms with Gasteiger partial charge in [0.25, 0.3) is 5.91 Å². The van der Waals surface area contributed by atoms with Gasteiger partial charge in [-0.25, -0.2) is 4.39 Å². The smallest absolute Gasteiger partial charge is 0.260 e. The molecule has 106 valence electrons. The predicted octanol–water partition coefficient (Wildman–Crippen LogP) is 3.66. The minimum Gasteiger partial charge on any atom is -0.481 e. The van der Waals surface area contributed by atoms with E-state index in [-0.39, 0.29) is 11.9 Å². The lowest BCUT2D eigenvalue weighted by Gasteiger charge is -2.19. The zero-order chi connectivity index (χ0) is 14.4. The second-order valence-electron chi connectivity index (χ2n) is 4.36. The third-order valence-electron chi connectivity index (χ3n) is 2.91. The first-order chi connectivity index (χ1) is 8.97. The second kappa shape index (κ2) is 7.48. The zero-order valence-electron chi connectivity index (χ0n) is 11.4. The van der Waals surface area contributed by atoms with Crippen molar-refractivity contribution < 1.29 is 13.9 Å². The molecule has 1 unspecified atom stereocenters. The highest BCUT2D eigenvalue weighted by Gasteiger charge is 2.17. The lowest BCUT2D eigenvalue weighted by atomic mass is 10.1. The lowest BCUT2D eigenvalue weighted by Crippen LogP contribution is -2.42. The Morgan fingerprint density at radius 2 is 2.05 bits per heavy atom. The number of amides is 1. The Balaban J connectivity index is 2.60. The molecule has 0 bridgehead atoms. The van der Waals surface area contributed by atoms with Crippen LogP contribution in [0.2, 0.25) is 0 Å². The predicted molar refractivity (Wildman–Crippen MR) is 76.7 cm³/mol. The summed E-state index contributed by atoms with van der Waals surface area (Å²) in [7, 11) is 0. The minimum atomic E-state index is -0.652. The fourth-order valence-corrected chi connectivity index (χ4v) is 1.87. The molecule has 1 rings (SSSR count). The number of halogens is 2. The highest BCUT2D eigenvalue weighted by Crippen LogP contribution is 2.21. The topological polar surface area (TPSA) is 38.3 Å². The van der Waals surface area contributed by atoms with E-state index in [0.717, 1.165) is 12.8 Å². The molecular weight excluding hydrogens is 313 g/mol. The van der Waals surface area contributed by atoms with Gasteiger partial charge < -0.3 is 10.1 Å². The standard InChI is InChI=1S/C14H19BrFNO2/c1-4-10(5-2)17-14(18)9(3)19-11-6-7-12(15)13(16)8-11/h6-10H,4-5H2,1-3H3,(H,17,18). The van der Waals surface area contributed by atoms with Gasteiger partial charge in [0.2, 0.25) is 0 Å². The average Bonchev–Trinajstić information content (AvgIpc) is 2.39. The molecule has 0 heterocycles. The van der Waals surface area contributed by atoms with Crippen LogP contribution in [-0.4, -0.2) is 18.1 Å². The van der Waals surface area contributed by atoms with Gasteiger partial charge in [0.15, 0.2) is 6.10 Å². The number of carbonyl (C=O) groups excluding carboxylic acids is 1. The first-order valence-corrected chi connectivity index (χ1v) is 7.19. The molecule has 1 aromatic rings. The van der Waals surface area contributed by atoms with Crippen molar-refractivity contribution in [1.29, 1.82) is 0 Å². The van der Waals surface area contributed by atoms with Crippen molar-refractivity contribution in [3.8, 4) is 5.75 Å². The molecule has 0 aliphatic rings. The molecule has 0 saturated heterocycles. The SMILES string of the molecule is CCC(CC)NC(=O)C(C)Oc1ccc(Br)c(F)c1. The van der Waals surface area contributed by atoms with E-state index in [2.05, 4.69) is 21.2 Å². The van der Waals surface area contributed by atoms with Crippen LogP contribution in [0.3, 0.4) is 0 Å². The molecule has 0 saturated carbocycles.